The quantitative estimate of drug-likeness (QED) is 0.591. The molecule has 2 rings (SSSR count). The van der Waals surface area contributed by atoms with Gasteiger partial charge in [0, 0.05) is 25.6 Å². The molecule has 0 amide bonds. The Morgan fingerprint density at radius 1 is 1.07 bits per heavy atom. The second-order valence-corrected chi connectivity index (χ2v) is 3.17. The Labute approximate surface area is 88.0 Å². The molecule has 0 aliphatic rings. The Balaban J connectivity index is 2.22. The summed E-state index contributed by atoms with van der Waals surface area (Å²) in [5.41, 5.74) is 1.70. The van der Waals surface area contributed by atoms with Crippen LogP contribution in [0, 0.1) is 18.8 Å². The van der Waals surface area contributed by atoms with Gasteiger partial charge in [0.25, 0.3) is 0 Å². The molecule has 0 radical (unpaired) electrons. The monoisotopic (exact) mass is 198 g/mol. The molecule has 0 aliphatic carbocycles. The molecule has 0 aromatic carbocycles. The number of rotatable bonds is 0. The maximum absolute atomic E-state index is 4.06. The molecule has 0 bridgehead atoms. The fraction of sp³-hybridized carbons (Fsp3) is 0.182. The van der Waals surface area contributed by atoms with Gasteiger partial charge in [0.2, 0.25) is 0 Å². The van der Waals surface area contributed by atoms with Gasteiger partial charge in [0.05, 0.1) is 17.3 Å². The lowest BCUT2D eigenvalue weighted by molar-refractivity contribution is 0.767. The van der Waals surface area contributed by atoms with E-state index in [1.165, 1.54) is 0 Å². The van der Waals surface area contributed by atoms with Crippen molar-refractivity contribution in [1.29, 1.82) is 0 Å². The van der Waals surface area contributed by atoms with E-state index in [1.807, 2.05) is 20.2 Å². The molecule has 74 valence electrons. The molecule has 0 saturated carbocycles. The maximum atomic E-state index is 4.06. The van der Waals surface area contributed by atoms with Crippen molar-refractivity contribution in [1.82, 2.24) is 19.7 Å². The first-order valence-electron chi connectivity index (χ1n) is 4.53. The lowest BCUT2D eigenvalue weighted by atomic mass is 10.3. The predicted octanol–water partition coefficient (Wildman–Crippen LogP) is 0.918. The molecule has 0 fully saturated rings. The van der Waals surface area contributed by atoms with Crippen molar-refractivity contribution in [3.05, 3.63) is 41.7 Å². The second kappa shape index (κ2) is 3.93. The third kappa shape index (κ3) is 2.41. The minimum absolute atomic E-state index is 0.752. The molecule has 0 saturated heterocycles. The topological polar surface area (TPSA) is 43.6 Å². The van der Waals surface area contributed by atoms with Crippen molar-refractivity contribution < 1.29 is 0 Å². The Bertz CT molecular complexity index is 514. The smallest absolute Gasteiger partial charge is 0.125 e. The summed E-state index contributed by atoms with van der Waals surface area (Å²) in [7, 11) is 1.86. The van der Waals surface area contributed by atoms with Gasteiger partial charge < -0.3 is 0 Å². The van der Waals surface area contributed by atoms with Gasteiger partial charge in [-0.1, -0.05) is 11.8 Å². The molecular formula is C11H10N4. The minimum Gasteiger partial charge on any atom is -0.275 e. The maximum Gasteiger partial charge on any atom is 0.125 e. The molecule has 0 unspecified atom stereocenters. The van der Waals surface area contributed by atoms with Crippen LogP contribution in [0.4, 0.5) is 0 Å². The number of nitrogens with zero attached hydrogens (tertiary/aromatic N) is 4. The lowest BCUT2D eigenvalue weighted by Gasteiger charge is -1.89. The average molecular weight is 198 g/mol. The first kappa shape index (κ1) is 9.41. The summed E-state index contributed by atoms with van der Waals surface area (Å²) >= 11 is 0. The SMILES string of the molecule is Cc1ncc(C#Cc2cnn(C)c2)cn1. The molecule has 2 aromatic heterocycles. The van der Waals surface area contributed by atoms with Crippen molar-refractivity contribution in [2.24, 2.45) is 7.05 Å². The Morgan fingerprint density at radius 3 is 2.33 bits per heavy atom. The predicted molar refractivity (Wildman–Crippen MR) is 56.0 cm³/mol. The van der Waals surface area contributed by atoms with E-state index in [9.17, 15) is 0 Å². The average Bonchev–Trinajstić information content (AvgIpc) is 2.64. The van der Waals surface area contributed by atoms with Crippen molar-refractivity contribution in [2.45, 2.75) is 6.92 Å². The van der Waals surface area contributed by atoms with Crippen molar-refractivity contribution in [3.63, 3.8) is 0 Å². The first-order chi connectivity index (χ1) is 7.24. The van der Waals surface area contributed by atoms with E-state index < -0.39 is 0 Å². The Kier molecular flexibility index (Phi) is 2.46. The third-order valence-electron chi connectivity index (χ3n) is 1.84. The van der Waals surface area contributed by atoms with E-state index in [0.29, 0.717) is 0 Å². The number of hydrogen-bond acceptors (Lipinski definition) is 3. The lowest BCUT2D eigenvalue weighted by Crippen LogP contribution is -1.86. The molecule has 4 heteroatoms. The molecule has 0 aliphatic heterocycles. The van der Waals surface area contributed by atoms with Crippen LogP contribution in [0.3, 0.4) is 0 Å². The van der Waals surface area contributed by atoms with Gasteiger partial charge in [-0.3, -0.25) is 4.68 Å². The van der Waals surface area contributed by atoms with E-state index in [2.05, 4.69) is 26.9 Å². The van der Waals surface area contributed by atoms with Crippen LogP contribution in [0.5, 0.6) is 0 Å². The zero-order valence-corrected chi connectivity index (χ0v) is 8.60. The van der Waals surface area contributed by atoms with Crippen molar-refractivity contribution >= 4 is 0 Å². The summed E-state index contributed by atoms with van der Waals surface area (Å²) < 4.78 is 1.72. The highest BCUT2D eigenvalue weighted by Gasteiger charge is 1.91. The highest BCUT2D eigenvalue weighted by Crippen LogP contribution is 1.96. The van der Waals surface area contributed by atoms with E-state index in [4.69, 9.17) is 0 Å². The summed E-state index contributed by atoms with van der Waals surface area (Å²) in [5.74, 6) is 6.71. The standard InChI is InChI=1S/C11H10N4/c1-9-12-5-10(6-13-9)3-4-11-7-14-15(2)8-11/h5-8H,1-2H3. The van der Waals surface area contributed by atoms with Crippen LogP contribution in [-0.4, -0.2) is 19.7 Å². The molecule has 2 aromatic rings. The number of aryl methyl sites for hydroxylation is 2. The second-order valence-electron chi connectivity index (χ2n) is 3.17. The Morgan fingerprint density at radius 2 is 1.73 bits per heavy atom. The van der Waals surface area contributed by atoms with Crippen molar-refractivity contribution in [3.8, 4) is 11.8 Å². The summed E-state index contributed by atoms with van der Waals surface area (Å²) in [6.07, 6.45) is 7.02. The molecule has 15 heavy (non-hydrogen) atoms. The zero-order valence-electron chi connectivity index (χ0n) is 8.60. The van der Waals surface area contributed by atoms with Crippen LogP contribution in [0.2, 0.25) is 0 Å². The highest BCUT2D eigenvalue weighted by atomic mass is 15.2. The fourth-order valence-electron chi connectivity index (χ4n) is 1.09. The summed E-state index contributed by atoms with van der Waals surface area (Å²) in [6, 6.07) is 0. The highest BCUT2D eigenvalue weighted by molar-refractivity contribution is 5.38. The van der Waals surface area contributed by atoms with E-state index >= 15 is 0 Å². The van der Waals surface area contributed by atoms with Crippen LogP contribution >= 0.6 is 0 Å². The molecule has 4 nitrogen and oxygen atoms in total. The van der Waals surface area contributed by atoms with Crippen LogP contribution in [-0.2, 0) is 7.05 Å². The van der Waals surface area contributed by atoms with E-state index in [1.54, 1.807) is 23.3 Å². The van der Waals surface area contributed by atoms with Gasteiger partial charge in [0.1, 0.15) is 5.82 Å². The fourth-order valence-corrected chi connectivity index (χ4v) is 1.09. The molecule has 0 atom stereocenters. The third-order valence-corrected chi connectivity index (χ3v) is 1.84. The van der Waals surface area contributed by atoms with Crippen LogP contribution in [0.25, 0.3) is 0 Å². The molecular weight excluding hydrogens is 188 g/mol. The number of hydrogen-bond donors (Lipinski definition) is 0. The molecule has 0 spiro atoms. The van der Waals surface area contributed by atoms with Gasteiger partial charge in [0.15, 0.2) is 0 Å². The van der Waals surface area contributed by atoms with Crippen LogP contribution < -0.4 is 0 Å². The molecule has 2 heterocycles. The number of aromatic nitrogens is 4. The first-order valence-corrected chi connectivity index (χ1v) is 4.53. The van der Waals surface area contributed by atoms with E-state index in [-0.39, 0.29) is 0 Å². The largest absolute Gasteiger partial charge is 0.275 e. The summed E-state index contributed by atoms with van der Waals surface area (Å²) in [4.78, 5) is 8.12. The van der Waals surface area contributed by atoms with E-state index in [0.717, 1.165) is 17.0 Å². The molecule has 0 N–H and O–H groups in total. The van der Waals surface area contributed by atoms with Crippen LogP contribution in [0.1, 0.15) is 17.0 Å². The van der Waals surface area contributed by atoms with Gasteiger partial charge in [-0.15, -0.1) is 0 Å². The normalized spacial score (nSPS) is 9.47. The summed E-state index contributed by atoms with van der Waals surface area (Å²) in [6.45, 7) is 1.85. The Hall–Kier alpha value is -2.15. The summed E-state index contributed by atoms with van der Waals surface area (Å²) in [5, 5.41) is 4.03. The minimum atomic E-state index is 0.752. The van der Waals surface area contributed by atoms with Crippen LogP contribution in [0.15, 0.2) is 24.8 Å². The van der Waals surface area contributed by atoms with Gasteiger partial charge in [-0.05, 0) is 6.92 Å². The van der Waals surface area contributed by atoms with Gasteiger partial charge in [-0.2, -0.15) is 5.10 Å². The van der Waals surface area contributed by atoms with Crippen molar-refractivity contribution in [2.75, 3.05) is 0 Å². The van der Waals surface area contributed by atoms with Gasteiger partial charge in [-0.25, -0.2) is 9.97 Å². The van der Waals surface area contributed by atoms with Gasteiger partial charge >= 0.3 is 0 Å². The zero-order chi connectivity index (χ0) is 10.7.